The molecular formula is C12H18O. The minimum absolute atomic E-state index is 0.313. The lowest BCUT2D eigenvalue weighted by Crippen LogP contribution is -2.19. The van der Waals surface area contributed by atoms with Crippen LogP contribution in [0.5, 0.6) is 0 Å². The molecule has 0 aromatic rings. The molecule has 1 nitrogen and oxygen atoms in total. The molecule has 1 atom stereocenters. The molecule has 0 saturated carbocycles. The minimum atomic E-state index is 0.313. The Hall–Kier alpha value is -0.850. The fourth-order valence-electron chi connectivity index (χ4n) is 1.89. The van der Waals surface area contributed by atoms with Crippen molar-refractivity contribution < 1.29 is 4.79 Å². The van der Waals surface area contributed by atoms with Crippen LogP contribution < -0.4 is 0 Å². The van der Waals surface area contributed by atoms with E-state index >= 15 is 0 Å². The molecule has 0 saturated heterocycles. The molecule has 1 aliphatic rings. The summed E-state index contributed by atoms with van der Waals surface area (Å²) in [4.78, 5) is 10.1. The van der Waals surface area contributed by atoms with Gasteiger partial charge in [-0.05, 0) is 37.2 Å². The number of hydrogen-bond donors (Lipinski definition) is 0. The lowest BCUT2D eigenvalue weighted by atomic mass is 9.76. The summed E-state index contributed by atoms with van der Waals surface area (Å²) in [5, 5.41) is 0. The molecule has 0 heterocycles. The lowest BCUT2D eigenvalue weighted by Gasteiger charge is -2.28. The highest BCUT2D eigenvalue weighted by Gasteiger charge is 2.33. The maximum atomic E-state index is 10.1. The average molecular weight is 178 g/mol. The normalized spacial score (nSPS) is 26.4. The largest absolute Gasteiger partial charge is 0.299 e. The molecule has 1 heteroatoms. The highest BCUT2D eigenvalue weighted by Crippen LogP contribution is 2.44. The van der Waals surface area contributed by atoms with Crippen molar-refractivity contribution in [3.05, 3.63) is 23.8 Å². The maximum Gasteiger partial charge on any atom is 0.142 e. The van der Waals surface area contributed by atoms with Gasteiger partial charge in [0.25, 0.3) is 0 Å². The van der Waals surface area contributed by atoms with Gasteiger partial charge in [-0.25, -0.2) is 0 Å². The van der Waals surface area contributed by atoms with Crippen LogP contribution in [0.25, 0.3) is 0 Å². The van der Waals surface area contributed by atoms with Crippen LogP contribution in [0.1, 0.15) is 33.6 Å². The first kappa shape index (κ1) is 10.2. The molecule has 13 heavy (non-hydrogen) atoms. The van der Waals surface area contributed by atoms with Crippen molar-refractivity contribution in [2.45, 2.75) is 33.6 Å². The molecule has 0 fully saturated rings. The second-order valence-electron chi connectivity index (χ2n) is 4.34. The Labute approximate surface area is 80.5 Å². The molecule has 0 unspecified atom stereocenters. The molecule has 1 aliphatic carbocycles. The third-order valence-corrected chi connectivity index (χ3v) is 3.38. The standard InChI is InChI=1S/C12H18O/c1-10-7-8-11(12(10,2)3)6-4-5-9-13/h4-5,7,9,11H,6,8H2,1-3H3/b5-4+/t11-/m0/s1. The van der Waals surface area contributed by atoms with Crippen LogP contribution >= 0.6 is 0 Å². The molecule has 72 valence electrons. The first-order valence-electron chi connectivity index (χ1n) is 4.86. The smallest absolute Gasteiger partial charge is 0.142 e. The zero-order valence-electron chi connectivity index (χ0n) is 8.71. The van der Waals surface area contributed by atoms with Crippen LogP contribution in [0.3, 0.4) is 0 Å². The zero-order valence-corrected chi connectivity index (χ0v) is 8.71. The van der Waals surface area contributed by atoms with Crippen LogP contribution in [-0.4, -0.2) is 6.29 Å². The van der Waals surface area contributed by atoms with Crippen molar-refractivity contribution in [3.8, 4) is 0 Å². The quantitative estimate of drug-likeness (QED) is 0.368. The molecule has 0 aliphatic heterocycles. The lowest BCUT2D eigenvalue weighted by molar-refractivity contribution is -0.104. The van der Waals surface area contributed by atoms with Crippen LogP contribution in [0, 0.1) is 11.3 Å². The number of carbonyl (C=O) groups excluding carboxylic acids is 1. The summed E-state index contributed by atoms with van der Waals surface area (Å²) in [6, 6.07) is 0. The fourth-order valence-corrected chi connectivity index (χ4v) is 1.89. The number of carbonyl (C=O) groups is 1. The average Bonchev–Trinajstić information content (AvgIpc) is 2.32. The molecule has 0 N–H and O–H groups in total. The number of aldehydes is 1. The van der Waals surface area contributed by atoms with E-state index in [1.807, 2.05) is 6.08 Å². The monoisotopic (exact) mass is 178 g/mol. The summed E-state index contributed by atoms with van der Waals surface area (Å²) in [7, 11) is 0. The van der Waals surface area contributed by atoms with Gasteiger partial charge in [-0.3, -0.25) is 4.79 Å². The summed E-state index contributed by atoms with van der Waals surface area (Å²) in [5.41, 5.74) is 1.80. The Morgan fingerprint density at radius 2 is 2.31 bits per heavy atom. The Morgan fingerprint density at radius 1 is 1.62 bits per heavy atom. The van der Waals surface area contributed by atoms with Crippen LogP contribution in [0.15, 0.2) is 23.8 Å². The second kappa shape index (κ2) is 3.91. The summed E-state index contributed by atoms with van der Waals surface area (Å²) >= 11 is 0. The Morgan fingerprint density at radius 3 is 2.77 bits per heavy atom. The molecule has 0 radical (unpaired) electrons. The Balaban J connectivity index is 2.56. The van der Waals surface area contributed by atoms with Crippen LogP contribution in [-0.2, 0) is 4.79 Å². The minimum Gasteiger partial charge on any atom is -0.299 e. The summed E-state index contributed by atoms with van der Waals surface area (Å²) < 4.78 is 0. The first-order valence-corrected chi connectivity index (χ1v) is 4.86. The van der Waals surface area contributed by atoms with E-state index in [9.17, 15) is 4.79 Å². The predicted octanol–water partition coefficient (Wildman–Crippen LogP) is 3.12. The topological polar surface area (TPSA) is 17.1 Å². The van der Waals surface area contributed by atoms with E-state index < -0.39 is 0 Å². The summed E-state index contributed by atoms with van der Waals surface area (Å²) in [6.07, 6.45) is 8.92. The van der Waals surface area contributed by atoms with Gasteiger partial charge in [-0.1, -0.05) is 31.6 Å². The molecular weight excluding hydrogens is 160 g/mol. The highest BCUT2D eigenvalue weighted by molar-refractivity contribution is 5.64. The first-order chi connectivity index (χ1) is 6.09. The van der Waals surface area contributed by atoms with Crippen molar-refractivity contribution in [1.29, 1.82) is 0 Å². The van der Waals surface area contributed by atoms with E-state index in [1.54, 1.807) is 6.08 Å². The zero-order chi connectivity index (χ0) is 9.90. The summed E-state index contributed by atoms with van der Waals surface area (Å²) in [6.45, 7) is 6.76. The van der Waals surface area contributed by atoms with Gasteiger partial charge in [-0.2, -0.15) is 0 Å². The number of allylic oxidation sites excluding steroid dienone is 4. The van der Waals surface area contributed by atoms with Crippen LogP contribution in [0.4, 0.5) is 0 Å². The van der Waals surface area contributed by atoms with Crippen LogP contribution in [0.2, 0.25) is 0 Å². The van der Waals surface area contributed by atoms with E-state index in [0.29, 0.717) is 11.3 Å². The Bertz CT molecular complexity index is 246. The maximum absolute atomic E-state index is 10.1. The molecule has 0 amide bonds. The molecule has 0 aromatic carbocycles. The van der Waals surface area contributed by atoms with Gasteiger partial charge in [0.2, 0.25) is 0 Å². The van der Waals surface area contributed by atoms with Gasteiger partial charge >= 0.3 is 0 Å². The third kappa shape index (κ3) is 2.09. The number of rotatable bonds is 3. The van der Waals surface area contributed by atoms with Gasteiger partial charge < -0.3 is 0 Å². The van der Waals surface area contributed by atoms with E-state index in [0.717, 1.165) is 19.1 Å². The van der Waals surface area contributed by atoms with Crippen molar-refractivity contribution in [2.75, 3.05) is 0 Å². The predicted molar refractivity (Wildman–Crippen MR) is 55.5 cm³/mol. The van der Waals surface area contributed by atoms with Gasteiger partial charge in [0.05, 0.1) is 0 Å². The van der Waals surface area contributed by atoms with Crippen molar-refractivity contribution in [3.63, 3.8) is 0 Å². The van der Waals surface area contributed by atoms with Crippen molar-refractivity contribution >= 4 is 6.29 Å². The van der Waals surface area contributed by atoms with Gasteiger partial charge in [0.1, 0.15) is 6.29 Å². The van der Waals surface area contributed by atoms with E-state index in [1.165, 1.54) is 5.57 Å². The van der Waals surface area contributed by atoms with Gasteiger partial charge in [0.15, 0.2) is 0 Å². The van der Waals surface area contributed by atoms with E-state index in [2.05, 4.69) is 26.8 Å². The second-order valence-corrected chi connectivity index (χ2v) is 4.34. The highest BCUT2D eigenvalue weighted by atomic mass is 16.1. The Kier molecular flexibility index (Phi) is 3.07. The third-order valence-electron chi connectivity index (χ3n) is 3.38. The van der Waals surface area contributed by atoms with Gasteiger partial charge in [-0.15, -0.1) is 0 Å². The molecule has 0 bridgehead atoms. The number of hydrogen-bond acceptors (Lipinski definition) is 1. The molecule has 1 rings (SSSR count). The summed E-state index contributed by atoms with van der Waals surface area (Å²) in [5.74, 6) is 0.670. The molecule has 0 spiro atoms. The molecule has 0 aromatic heterocycles. The fraction of sp³-hybridized carbons (Fsp3) is 0.583. The van der Waals surface area contributed by atoms with E-state index in [4.69, 9.17) is 0 Å². The SMILES string of the molecule is CC1=CC[C@H](C/C=C/C=O)C1(C)C. The van der Waals surface area contributed by atoms with Gasteiger partial charge in [0, 0.05) is 0 Å². The van der Waals surface area contributed by atoms with E-state index in [-0.39, 0.29) is 0 Å². The van der Waals surface area contributed by atoms with Crippen molar-refractivity contribution in [1.82, 2.24) is 0 Å². The van der Waals surface area contributed by atoms with Crippen molar-refractivity contribution in [2.24, 2.45) is 11.3 Å².